The van der Waals surface area contributed by atoms with E-state index in [1.807, 2.05) is 0 Å². The summed E-state index contributed by atoms with van der Waals surface area (Å²) in [5.41, 5.74) is 9.17. The molecule has 27 heavy (non-hydrogen) atoms. The van der Waals surface area contributed by atoms with Gasteiger partial charge in [-0.05, 0) is 68.0 Å². The number of aryl methyl sites for hydroxylation is 1. The Bertz CT molecular complexity index is 895. The second-order valence-corrected chi connectivity index (χ2v) is 7.30. The van der Waals surface area contributed by atoms with Crippen LogP contribution in [0.5, 0.6) is 0 Å². The van der Waals surface area contributed by atoms with Crippen LogP contribution in [0.25, 0.3) is 22.4 Å². The molecule has 0 N–H and O–H groups in total. The molecule has 1 heterocycles. The Balaban J connectivity index is 2.10. The number of rotatable bonds is 7. The summed E-state index contributed by atoms with van der Waals surface area (Å²) in [6, 6.07) is 22.2. The summed E-state index contributed by atoms with van der Waals surface area (Å²) in [5.74, 6) is 0. The van der Waals surface area contributed by atoms with Gasteiger partial charge in [0.2, 0.25) is 0 Å². The van der Waals surface area contributed by atoms with Crippen molar-refractivity contribution in [3.8, 4) is 16.8 Å². The summed E-state index contributed by atoms with van der Waals surface area (Å²) in [6.45, 7) is 8.90. The summed E-state index contributed by atoms with van der Waals surface area (Å²) in [5, 5.41) is 0. The maximum absolute atomic E-state index is 2.41. The number of hydrogen-bond donors (Lipinski definition) is 0. The van der Waals surface area contributed by atoms with Crippen molar-refractivity contribution in [2.24, 2.45) is 0 Å². The number of aromatic nitrogens is 1. The van der Waals surface area contributed by atoms with Gasteiger partial charge >= 0.3 is 0 Å². The van der Waals surface area contributed by atoms with Gasteiger partial charge in [-0.2, -0.15) is 0 Å². The fraction of sp³-hybridized carbons (Fsp3) is 0.308. The fourth-order valence-corrected chi connectivity index (χ4v) is 3.74. The summed E-state index contributed by atoms with van der Waals surface area (Å²) < 4.78 is 2.41. The Morgan fingerprint density at radius 1 is 0.963 bits per heavy atom. The van der Waals surface area contributed by atoms with Crippen LogP contribution >= 0.6 is 0 Å². The zero-order valence-corrected chi connectivity index (χ0v) is 17.1. The first kappa shape index (κ1) is 19.2. The first-order valence-electron chi connectivity index (χ1n) is 10.2. The van der Waals surface area contributed by atoms with E-state index >= 15 is 0 Å². The van der Waals surface area contributed by atoms with Crippen LogP contribution in [0.1, 0.15) is 57.0 Å². The lowest BCUT2D eigenvalue weighted by atomic mass is 10.1. The van der Waals surface area contributed by atoms with Crippen LogP contribution in [-0.2, 0) is 6.42 Å². The molecule has 0 aliphatic rings. The van der Waals surface area contributed by atoms with E-state index < -0.39 is 0 Å². The Morgan fingerprint density at radius 2 is 1.67 bits per heavy atom. The van der Waals surface area contributed by atoms with Crippen molar-refractivity contribution >= 4 is 5.57 Å². The van der Waals surface area contributed by atoms with Crippen LogP contribution < -0.4 is 0 Å². The number of unbranched alkanes of at least 4 members (excludes halogenated alkanes) is 1. The average molecular weight is 358 g/mol. The lowest BCUT2D eigenvalue weighted by molar-refractivity contribution is 0.794. The molecule has 3 aromatic rings. The molecular weight excluding hydrogens is 326 g/mol. The summed E-state index contributed by atoms with van der Waals surface area (Å²) >= 11 is 0. The third-order valence-electron chi connectivity index (χ3n) is 5.26. The van der Waals surface area contributed by atoms with Crippen LogP contribution in [0.4, 0.5) is 0 Å². The minimum Gasteiger partial charge on any atom is -0.314 e. The average Bonchev–Trinajstić information content (AvgIpc) is 3.05. The largest absolute Gasteiger partial charge is 0.314 e. The molecule has 0 atom stereocenters. The van der Waals surface area contributed by atoms with Gasteiger partial charge in [-0.3, -0.25) is 0 Å². The summed E-state index contributed by atoms with van der Waals surface area (Å²) in [6.07, 6.45) is 7.02. The Labute approximate surface area is 164 Å². The molecule has 2 aromatic carbocycles. The first-order chi connectivity index (χ1) is 13.2. The minimum atomic E-state index is 1.05. The van der Waals surface area contributed by atoms with E-state index in [4.69, 9.17) is 0 Å². The number of hydrogen-bond acceptors (Lipinski definition) is 0. The molecule has 0 aliphatic carbocycles. The van der Waals surface area contributed by atoms with Crippen LogP contribution in [-0.4, -0.2) is 4.57 Å². The fourth-order valence-electron chi connectivity index (χ4n) is 3.74. The second kappa shape index (κ2) is 8.90. The maximum atomic E-state index is 2.41. The smallest absolute Gasteiger partial charge is 0.0491 e. The molecule has 140 valence electrons. The molecule has 1 nitrogen and oxygen atoms in total. The molecular formula is C26H31N. The van der Waals surface area contributed by atoms with E-state index in [9.17, 15) is 0 Å². The maximum Gasteiger partial charge on any atom is 0.0491 e. The van der Waals surface area contributed by atoms with Gasteiger partial charge in [0, 0.05) is 22.6 Å². The van der Waals surface area contributed by atoms with Gasteiger partial charge in [-0.1, -0.05) is 68.8 Å². The van der Waals surface area contributed by atoms with Gasteiger partial charge in [0.05, 0.1) is 0 Å². The van der Waals surface area contributed by atoms with E-state index in [0.29, 0.717) is 0 Å². The van der Waals surface area contributed by atoms with Crippen molar-refractivity contribution in [3.63, 3.8) is 0 Å². The lowest BCUT2D eigenvalue weighted by Gasteiger charge is -2.14. The SMILES string of the molecule is CC/C=C(\C)c1cc(-c2ccccc2)c(C)n1-c1ccc(CCCC)cc1. The van der Waals surface area contributed by atoms with Crippen molar-refractivity contribution in [2.45, 2.75) is 53.4 Å². The van der Waals surface area contributed by atoms with E-state index in [-0.39, 0.29) is 0 Å². The Morgan fingerprint density at radius 3 is 2.30 bits per heavy atom. The predicted octanol–water partition coefficient (Wildman–Crippen LogP) is 7.61. The topological polar surface area (TPSA) is 4.93 Å². The van der Waals surface area contributed by atoms with E-state index in [0.717, 1.165) is 6.42 Å². The first-order valence-corrected chi connectivity index (χ1v) is 10.2. The molecule has 0 aliphatic heterocycles. The molecule has 0 fully saturated rings. The van der Waals surface area contributed by atoms with Gasteiger partial charge < -0.3 is 4.57 Å². The molecule has 0 bridgehead atoms. The normalized spacial score (nSPS) is 11.8. The van der Waals surface area contributed by atoms with Gasteiger partial charge in [0.25, 0.3) is 0 Å². The zero-order valence-electron chi connectivity index (χ0n) is 17.1. The van der Waals surface area contributed by atoms with Crippen LogP contribution in [0, 0.1) is 6.92 Å². The Hall–Kier alpha value is -2.54. The highest BCUT2D eigenvalue weighted by Gasteiger charge is 2.15. The highest BCUT2D eigenvalue weighted by molar-refractivity contribution is 5.75. The Kier molecular flexibility index (Phi) is 6.34. The third kappa shape index (κ3) is 4.24. The predicted molar refractivity (Wildman–Crippen MR) is 118 cm³/mol. The number of nitrogens with zero attached hydrogens (tertiary/aromatic N) is 1. The quantitative estimate of drug-likeness (QED) is 0.410. The minimum absolute atomic E-state index is 1.05. The lowest BCUT2D eigenvalue weighted by Crippen LogP contribution is -2.01. The zero-order chi connectivity index (χ0) is 19.2. The standard InChI is InChI=1S/C26H31N/c1-5-7-12-22-15-17-24(18-16-22)27-21(4)25(23-13-9-8-10-14-23)19-26(27)20(3)11-6-2/h8-11,13-19H,5-7,12H2,1-4H3/b20-11+. The van der Waals surface area contributed by atoms with E-state index in [1.54, 1.807) is 0 Å². The molecule has 0 saturated carbocycles. The van der Waals surface area contributed by atoms with Crippen LogP contribution in [0.15, 0.2) is 66.7 Å². The van der Waals surface area contributed by atoms with Gasteiger partial charge in [0.1, 0.15) is 0 Å². The van der Waals surface area contributed by atoms with Gasteiger partial charge in [-0.25, -0.2) is 0 Å². The van der Waals surface area contributed by atoms with Crippen LogP contribution in [0.2, 0.25) is 0 Å². The molecule has 0 radical (unpaired) electrons. The molecule has 0 unspecified atom stereocenters. The van der Waals surface area contributed by atoms with Crippen LogP contribution in [0.3, 0.4) is 0 Å². The molecule has 3 rings (SSSR count). The van der Waals surface area contributed by atoms with Gasteiger partial charge in [0.15, 0.2) is 0 Å². The summed E-state index contributed by atoms with van der Waals surface area (Å²) in [4.78, 5) is 0. The highest BCUT2D eigenvalue weighted by atomic mass is 15.0. The molecule has 0 spiro atoms. The van der Waals surface area contributed by atoms with E-state index in [1.165, 1.54) is 58.6 Å². The molecule has 1 heteroatoms. The van der Waals surface area contributed by atoms with Gasteiger partial charge in [-0.15, -0.1) is 0 Å². The molecule has 1 aromatic heterocycles. The third-order valence-corrected chi connectivity index (χ3v) is 5.26. The van der Waals surface area contributed by atoms with Crippen molar-refractivity contribution in [1.82, 2.24) is 4.57 Å². The van der Waals surface area contributed by atoms with Crippen molar-refractivity contribution in [3.05, 3.63) is 83.7 Å². The van der Waals surface area contributed by atoms with Crippen molar-refractivity contribution in [1.29, 1.82) is 0 Å². The highest BCUT2D eigenvalue weighted by Crippen LogP contribution is 2.33. The second-order valence-electron chi connectivity index (χ2n) is 7.30. The van der Waals surface area contributed by atoms with Crippen molar-refractivity contribution in [2.75, 3.05) is 0 Å². The molecule has 0 saturated heterocycles. The number of allylic oxidation sites excluding steroid dienone is 2. The monoisotopic (exact) mass is 357 g/mol. The van der Waals surface area contributed by atoms with Crippen molar-refractivity contribution < 1.29 is 0 Å². The van der Waals surface area contributed by atoms with E-state index in [2.05, 4.69) is 99.0 Å². The molecule has 0 amide bonds. The summed E-state index contributed by atoms with van der Waals surface area (Å²) in [7, 11) is 0. The number of benzene rings is 2.